The molecule has 2 rings (SSSR count). The molecule has 3 atom stereocenters. The molecule has 0 aliphatic carbocycles. The predicted octanol–water partition coefficient (Wildman–Crippen LogP) is 3.70. The molecule has 1 aliphatic heterocycles. The van der Waals surface area contributed by atoms with Gasteiger partial charge in [-0.1, -0.05) is 60.7 Å². The fraction of sp³-hybridized carbons (Fsp3) is 0.400. The quantitative estimate of drug-likeness (QED) is 0.759. The molecule has 1 heteroatoms. The van der Waals surface area contributed by atoms with Gasteiger partial charge in [-0.3, -0.25) is 0 Å². The summed E-state index contributed by atoms with van der Waals surface area (Å²) in [4.78, 5) is 1.66. The lowest BCUT2D eigenvalue weighted by atomic mass is 9.93. The molecule has 1 unspecified atom stereocenters. The van der Waals surface area contributed by atoms with E-state index in [1.807, 2.05) is 0 Å². The Morgan fingerprint density at radius 2 is 1.76 bits per heavy atom. The van der Waals surface area contributed by atoms with E-state index in [2.05, 4.69) is 69.5 Å². The second-order valence-electron chi connectivity index (χ2n) is 6.53. The fourth-order valence-electron chi connectivity index (χ4n) is 3.30. The van der Waals surface area contributed by atoms with Crippen LogP contribution in [0.4, 0.5) is 0 Å². The first-order chi connectivity index (χ1) is 10.1. The van der Waals surface area contributed by atoms with Crippen molar-refractivity contribution in [2.24, 2.45) is 0 Å². The Morgan fingerprint density at radius 3 is 2.38 bits per heavy atom. The predicted molar refractivity (Wildman–Crippen MR) is 91.3 cm³/mol. The van der Waals surface area contributed by atoms with Gasteiger partial charge >= 0.3 is 0 Å². The zero-order valence-corrected chi connectivity index (χ0v) is 13.4. The van der Waals surface area contributed by atoms with Crippen molar-refractivity contribution in [2.45, 2.75) is 51.7 Å². The third-order valence-corrected chi connectivity index (χ3v) is 4.20. The molecule has 0 spiro atoms. The number of quaternary nitrogens is 1. The van der Waals surface area contributed by atoms with E-state index in [-0.39, 0.29) is 0 Å². The minimum Gasteiger partial charge on any atom is -0.322 e. The molecule has 1 heterocycles. The van der Waals surface area contributed by atoms with Gasteiger partial charge in [0.05, 0.1) is 6.04 Å². The number of hydrogen-bond acceptors (Lipinski definition) is 0. The number of nitrogens with one attached hydrogen (secondary N) is 1. The van der Waals surface area contributed by atoms with Crippen molar-refractivity contribution in [3.8, 4) is 0 Å². The third-order valence-electron chi connectivity index (χ3n) is 4.20. The highest BCUT2D eigenvalue weighted by atomic mass is 15.2. The van der Waals surface area contributed by atoms with Crippen LogP contribution in [0.25, 0.3) is 0 Å². The molecular weight excluding hydrogens is 254 g/mol. The molecule has 1 N–H and O–H groups in total. The van der Waals surface area contributed by atoms with Gasteiger partial charge < -0.3 is 4.90 Å². The standard InChI is InChI=1S/C20H27N/c1-16(2)13-19-11-8-12-20(14-17(3)4)21(19)15-18-9-6-5-7-10-18/h5-11,19-20H,1,3,12-15H2,2,4H3/p+1/t19-,20-/m0/s1. The van der Waals surface area contributed by atoms with Crippen molar-refractivity contribution in [3.05, 3.63) is 72.4 Å². The first-order valence-corrected chi connectivity index (χ1v) is 7.91. The van der Waals surface area contributed by atoms with Gasteiger partial charge in [0.15, 0.2) is 0 Å². The summed E-state index contributed by atoms with van der Waals surface area (Å²) in [5.41, 5.74) is 3.97. The van der Waals surface area contributed by atoms with Crippen LogP contribution in [0.2, 0.25) is 0 Å². The Bertz CT molecular complexity index is 512. The third kappa shape index (κ3) is 4.71. The van der Waals surface area contributed by atoms with Gasteiger partial charge in [0.1, 0.15) is 12.6 Å². The largest absolute Gasteiger partial charge is 0.322 e. The summed E-state index contributed by atoms with van der Waals surface area (Å²) in [6.07, 6.45) is 8.09. The Kier molecular flexibility index (Phi) is 5.58. The summed E-state index contributed by atoms with van der Waals surface area (Å²) >= 11 is 0. The van der Waals surface area contributed by atoms with Gasteiger partial charge in [-0.15, -0.1) is 0 Å². The van der Waals surface area contributed by atoms with Gasteiger partial charge in [-0.05, 0) is 19.9 Å². The Labute approximate surface area is 129 Å². The molecule has 0 radical (unpaired) electrons. The average molecular weight is 282 g/mol. The molecule has 1 aromatic rings. The smallest absolute Gasteiger partial charge is 0.110 e. The fourth-order valence-corrected chi connectivity index (χ4v) is 3.30. The second kappa shape index (κ2) is 7.42. The van der Waals surface area contributed by atoms with Gasteiger partial charge in [0.25, 0.3) is 0 Å². The zero-order chi connectivity index (χ0) is 15.2. The molecule has 0 aromatic heterocycles. The topological polar surface area (TPSA) is 4.44 Å². The van der Waals surface area contributed by atoms with Crippen LogP contribution in [0.3, 0.4) is 0 Å². The first-order valence-electron chi connectivity index (χ1n) is 7.91. The Morgan fingerprint density at radius 1 is 1.10 bits per heavy atom. The van der Waals surface area contributed by atoms with E-state index in [1.54, 1.807) is 4.90 Å². The van der Waals surface area contributed by atoms with Crippen molar-refractivity contribution in [3.63, 3.8) is 0 Å². The van der Waals surface area contributed by atoms with Gasteiger partial charge in [0, 0.05) is 24.8 Å². The van der Waals surface area contributed by atoms with Crippen LogP contribution in [0.1, 0.15) is 38.7 Å². The van der Waals surface area contributed by atoms with Crippen LogP contribution in [-0.4, -0.2) is 12.1 Å². The molecule has 0 saturated carbocycles. The van der Waals surface area contributed by atoms with Crippen LogP contribution >= 0.6 is 0 Å². The molecule has 0 fully saturated rings. The van der Waals surface area contributed by atoms with Crippen molar-refractivity contribution in [2.75, 3.05) is 0 Å². The molecule has 1 nitrogen and oxygen atoms in total. The van der Waals surface area contributed by atoms with E-state index in [4.69, 9.17) is 0 Å². The highest BCUT2D eigenvalue weighted by molar-refractivity contribution is 5.14. The lowest BCUT2D eigenvalue weighted by Crippen LogP contribution is -3.18. The summed E-state index contributed by atoms with van der Waals surface area (Å²) in [6.45, 7) is 13.6. The Hall–Kier alpha value is -1.60. The maximum Gasteiger partial charge on any atom is 0.110 e. The minimum atomic E-state index is 0.542. The highest BCUT2D eigenvalue weighted by Crippen LogP contribution is 2.13. The van der Waals surface area contributed by atoms with E-state index >= 15 is 0 Å². The van der Waals surface area contributed by atoms with Crippen LogP contribution in [-0.2, 0) is 6.54 Å². The van der Waals surface area contributed by atoms with Crippen LogP contribution in [0, 0.1) is 0 Å². The van der Waals surface area contributed by atoms with Gasteiger partial charge in [-0.2, -0.15) is 0 Å². The SMILES string of the molecule is C=C(C)C[C@@H]1CC=C[C@@H](CC(=C)C)[NH+]1Cc1ccccc1. The molecule has 0 saturated heterocycles. The van der Waals surface area contributed by atoms with Crippen LogP contribution < -0.4 is 4.90 Å². The van der Waals surface area contributed by atoms with Gasteiger partial charge in [0.2, 0.25) is 0 Å². The van der Waals surface area contributed by atoms with E-state index in [0.717, 1.165) is 25.8 Å². The average Bonchev–Trinajstić information content (AvgIpc) is 2.42. The number of rotatable bonds is 6. The number of benzene rings is 1. The maximum absolute atomic E-state index is 4.12. The van der Waals surface area contributed by atoms with E-state index in [1.165, 1.54) is 16.7 Å². The van der Waals surface area contributed by atoms with Crippen molar-refractivity contribution in [1.82, 2.24) is 0 Å². The maximum atomic E-state index is 4.12. The van der Waals surface area contributed by atoms with Crippen molar-refractivity contribution < 1.29 is 4.90 Å². The number of hydrogen-bond donors (Lipinski definition) is 1. The zero-order valence-electron chi connectivity index (χ0n) is 13.4. The molecule has 21 heavy (non-hydrogen) atoms. The van der Waals surface area contributed by atoms with Crippen molar-refractivity contribution >= 4 is 0 Å². The van der Waals surface area contributed by atoms with E-state index < -0.39 is 0 Å². The molecule has 112 valence electrons. The monoisotopic (exact) mass is 282 g/mol. The lowest BCUT2D eigenvalue weighted by Gasteiger charge is -2.36. The Balaban J connectivity index is 2.19. The van der Waals surface area contributed by atoms with Crippen molar-refractivity contribution in [1.29, 1.82) is 0 Å². The summed E-state index contributed by atoms with van der Waals surface area (Å²) < 4.78 is 0. The van der Waals surface area contributed by atoms with E-state index in [0.29, 0.717) is 12.1 Å². The first kappa shape index (κ1) is 15.8. The normalized spacial score (nSPS) is 24.8. The molecule has 1 aromatic carbocycles. The summed E-state index contributed by atoms with van der Waals surface area (Å²) in [5.74, 6) is 0. The molecular formula is C20H28N+. The highest BCUT2D eigenvalue weighted by Gasteiger charge is 2.31. The van der Waals surface area contributed by atoms with E-state index in [9.17, 15) is 0 Å². The molecule has 1 aliphatic rings. The summed E-state index contributed by atoms with van der Waals surface area (Å²) in [6, 6.07) is 12.0. The molecule has 0 bridgehead atoms. The van der Waals surface area contributed by atoms with Crippen LogP contribution in [0.5, 0.6) is 0 Å². The lowest BCUT2D eigenvalue weighted by molar-refractivity contribution is -0.957. The minimum absolute atomic E-state index is 0.542. The van der Waals surface area contributed by atoms with Gasteiger partial charge in [-0.25, -0.2) is 0 Å². The second-order valence-corrected chi connectivity index (χ2v) is 6.53. The molecule has 0 amide bonds. The summed E-state index contributed by atoms with van der Waals surface area (Å²) in [7, 11) is 0. The summed E-state index contributed by atoms with van der Waals surface area (Å²) in [5, 5.41) is 0. The van der Waals surface area contributed by atoms with Crippen LogP contribution in [0.15, 0.2) is 66.8 Å².